The second-order valence-corrected chi connectivity index (χ2v) is 7.88. The number of pyridine rings is 1. The highest BCUT2D eigenvalue weighted by atomic mass is 35.5. The fourth-order valence-corrected chi connectivity index (χ4v) is 4.56. The fraction of sp³-hybridized carbons (Fsp3) is 0.474. The van der Waals surface area contributed by atoms with E-state index in [2.05, 4.69) is 14.5 Å². The Hall–Kier alpha value is -2.85. The summed E-state index contributed by atoms with van der Waals surface area (Å²) in [7, 11) is 0. The molecule has 11 heteroatoms. The van der Waals surface area contributed by atoms with E-state index in [1.165, 1.54) is 12.3 Å². The number of hydrogen-bond acceptors (Lipinski definition) is 7. The Kier molecular flexibility index (Phi) is 5.07. The van der Waals surface area contributed by atoms with Crippen LogP contribution >= 0.6 is 12.4 Å². The second kappa shape index (κ2) is 7.44. The van der Waals surface area contributed by atoms with E-state index in [1.807, 2.05) is 4.57 Å². The molecule has 1 aliphatic carbocycles. The standard InChI is InChI=1S/C19H20N4O6.ClH/c24-18-13-7-16(23(27)28)15(21-6-5-20-4-3-12(21)9-20)8-14(13)22(11-1-2-11)10-17(18)29-19(25)26;/h7-8,10-12H,1-6,9H2,(H,25,26);1H. The van der Waals surface area contributed by atoms with Crippen LogP contribution in [0.15, 0.2) is 23.1 Å². The Morgan fingerprint density at radius 1 is 1.17 bits per heavy atom. The number of fused-ring (bicyclic) bond motifs is 3. The molecule has 5 rings (SSSR count). The number of aromatic nitrogens is 1. The second-order valence-electron chi connectivity index (χ2n) is 7.88. The van der Waals surface area contributed by atoms with Gasteiger partial charge in [0, 0.05) is 44.3 Å². The summed E-state index contributed by atoms with van der Waals surface area (Å²) in [6.07, 6.45) is 2.58. The van der Waals surface area contributed by atoms with Crippen molar-refractivity contribution < 1.29 is 19.6 Å². The van der Waals surface area contributed by atoms with Gasteiger partial charge in [-0.1, -0.05) is 0 Å². The predicted octanol–water partition coefficient (Wildman–Crippen LogP) is 2.62. The number of carboxylic acid groups (broad SMARTS) is 1. The molecule has 2 bridgehead atoms. The van der Waals surface area contributed by atoms with Gasteiger partial charge >= 0.3 is 6.16 Å². The number of ether oxygens (including phenoxy) is 1. The maximum absolute atomic E-state index is 12.8. The summed E-state index contributed by atoms with van der Waals surface area (Å²) in [6.45, 7) is 3.43. The van der Waals surface area contributed by atoms with E-state index >= 15 is 0 Å². The third-order valence-electron chi connectivity index (χ3n) is 6.08. The van der Waals surface area contributed by atoms with Gasteiger partial charge in [0.1, 0.15) is 5.69 Å². The maximum atomic E-state index is 12.8. The molecule has 160 valence electrons. The van der Waals surface area contributed by atoms with Gasteiger partial charge < -0.3 is 19.3 Å². The summed E-state index contributed by atoms with van der Waals surface area (Å²) in [4.78, 5) is 39.6. The first-order valence-corrected chi connectivity index (χ1v) is 9.69. The number of piperazine rings is 1. The number of carbonyl (C=O) groups is 1. The molecular weight excluding hydrogens is 416 g/mol. The van der Waals surface area contributed by atoms with E-state index in [4.69, 9.17) is 5.11 Å². The molecule has 3 heterocycles. The molecule has 3 aliphatic rings. The van der Waals surface area contributed by atoms with Crippen molar-refractivity contribution in [2.75, 3.05) is 31.1 Å². The summed E-state index contributed by atoms with van der Waals surface area (Å²) in [6, 6.07) is 3.36. The van der Waals surface area contributed by atoms with Crippen molar-refractivity contribution in [2.24, 2.45) is 0 Å². The molecule has 30 heavy (non-hydrogen) atoms. The summed E-state index contributed by atoms with van der Waals surface area (Å²) >= 11 is 0. The highest BCUT2D eigenvalue weighted by molar-refractivity contribution is 5.89. The number of halogens is 1. The van der Waals surface area contributed by atoms with Gasteiger partial charge in [0.15, 0.2) is 5.75 Å². The molecule has 1 saturated carbocycles. The number of nitrogens with zero attached hydrogens (tertiary/aromatic N) is 4. The predicted molar refractivity (Wildman–Crippen MR) is 111 cm³/mol. The smallest absolute Gasteiger partial charge is 0.449 e. The highest BCUT2D eigenvalue weighted by Gasteiger charge is 2.36. The molecule has 3 fully saturated rings. The lowest BCUT2D eigenvalue weighted by atomic mass is 10.1. The van der Waals surface area contributed by atoms with Crippen LogP contribution in [0.5, 0.6) is 5.75 Å². The molecule has 0 amide bonds. The van der Waals surface area contributed by atoms with Crippen molar-refractivity contribution in [3.05, 3.63) is 38.7 Å². The lowest BCUT2D eigenvalue weighted by Crippen LogP contribution is -2.47. The molecule has 2 aromatic rings. The summed E-state index contributed by atoms with van der Waals surface area (Å²) in [5.41, 5.74) is 0.315. The zero-order chi connectivity index (χ0) is 20.3. The van der Waals surface area contributed by atoms with E-state index in [1.54, 1.807) is 6.07 Å². The van der Waals surface area contributed by atoms with Crippen LogP contribution in [0, 0.1) is 10.1 Å². The largest absolute Gasteiger partial charge is 0.511 e. The minimum Gasteiger partial charge on any atom is -0.449 e. The average Bonchev–Trinajstić information content (AvgIpc) is 3.46. The molecule has 1 aromatic heterocycles. The Balaban J connectivity index is 0.00000218. The minimum absolute atomic E-state index is 0. The molecule has 1 N–H and O–H groups in total. The number of rotatable bonds is 4. The first-order valence-electron chi connectivity index (χ1n) is 9.69. The first kappa shape index (κ1) is 20.4. The van der Waals surface area contributed by atoms with Crippen molar-refractivity contribution in [1.82, 2.24) is 9.47 Å². The highest BCUT2D eigenvalue weighted by Crippen LogP contribution is 2.41. The van der Waals surface area contributed by atoms with Gasteiger partial charge in [0.05, 0.1) is 22.0 Å². The van der Waals surface area contributed by atoms with Gasteiger partial charge in [0.2, 0.25) is 5.43 Å². The molecule has 0 spiro atoms. The summed E-state index contributed by atoms with van der Waals surface area (Å²) in [5.74, 6) is -0.330. The molecular formula is C19H21ClN4O6. The molecule has 2 atom stereocenters. The lowest BCUT2D eigenvalue weighted by molar-refractivity contribution is -0.384. The zero-order valence-corrected chi connectivity index (χ0v) is 16.8. The SMILES string of the molecule is Cl.O=C(O)Oc1cn(C2CC2)c2cc(N3CCN4CCC3C4)c([N+](=O)[O-])cc2c1=O. The van der Waals surface area contributed by atoms with E-state index < -0.39 is 16.5 Å². The van der Waals surface area contributed by atoms with Gasteiger partial charge in [-0.3, -0.25) is 19.8 Å². The van der Waals surface area contributed by atoms with Crippen molar-refractivity contribution in [1.29, 1.82) is 0 Å². The van der Waals surface area contributed by atoms with Crippen LogP contribution in [0.3, 0.4) is 0 Å². The van der Waals surface area contributed by atoms with Gasteiger partial charge in [0.25, 0.3) is 5.69 Å². The molecule has 2 saturated heterocycles. The average molecular weight is 437 g/mol. The van der Waals surface area contributed by atoms with Crippen LogP contribution in [0.4, 0.5) is 16.2 Å². The van der Waals surface area contributed by atoms with Gasteiger partial charge in [-0.25, -0.2) is 4.79 Å². The van der Waals surface area contributed by atoms with Crippen molar-refractivity contribution >= 4 is 40.8 Å². The molecule has 2 aliphatic heterocycles. The quantitative estimate of drug-likeness (QED) is 0.441. The van der Waals surface area contributed by atoms with Gasteiger partial charge in [-0.2, -0.15) is 0 Å². The minimum atomic E-state index is -1.59. The fourth-order valence-electron chi connectivity index (χ4n) is 4.56. The van der Waals surface area contributed by atoms with Crippen LogP contribution in [0.1, 0.15) is 25.3 Å². The topological polar surface area (TPSA) is 118 Å². The Labute approximate surface area is 177 Å². The van der Waals surface area contributed by atoms with E-state index in [0.29, 0.717) is 17.7 Å². The number of benzene rings is 1. The first-order chi connectivity index (χ1) is 13.9. The summed E-state index contributed by atoms with van der Waals surface area (Å²) < 4.78 is 6.48. The van der Waals surface area contributed by atoms with Gasteiger partial charge in [-0.15, -0.1) is 12.4 Å². The monoisotopic (exact) mass is 436 g/mol. The van der Waals surface area contributed by atoms with Crippen LogP contribution in [0.25, 0.3) is 10.9 Å². The molecule has 0 radical (unpaired) electrons. The van der Waals surface area contributed by atoms with Crippen molar-refractivity contribution in [3.8, 4) is 5.75 Å². The Morgan fingerprint density at radius 3 is 2.60 bits per heavy atom. The third kappa shape index (κ3) is 3.35. The van der Waals surface area contributed by atoms with Crippen LogP contribution in [-0.2, 0) is 0 Å². The number of nitro groups is 1. The van der Waals surface area contributed by atoms with Gasteiger partial charge in [-0.05, 0) is 25.3 Å². The molecule has 2 unspecified atom stereocenters. The van der Waals surface area contributed by atoms with Crippen LogP contribution < -0.4 is 15.1 Å². The molecule has 10 nitrogen and oxygen atoms in total. The van der Waals surface area contributed by atoms with E-state index in [0.717, 1.165) is 38.9 Å². The van der Waals surface area contributed by atoms with Crippen LogP contribution in [0.2, 0.25) is 0 Å². The number of hydrogen-bond donors (Lipinski definition) is 1. The lowest BCUT2D eigenvalue weighted by Gasteiger charge is -2.36. The Bertz CT molecular complexity index is 1100. The maximum Gasteiger partial charge on any atom is 0.511 e. The number of nitro benzene ring substituents is 1. The van der Waals surface area contributed by atoms with Crippen molar-refractivity contribution in [2.45, 2.75) is 31.3 Å². The van der Waals surface area contributed by atoms with Crippen molar-refractivity contribution in [3.63, 3.8) is 0 Å². The third-order valence-corrected chi connectivity index (χ3v) is 6.08. The van der Waals surface area contributed by atoms with Crippen LogP contribution in [-0.4, -0.2) is 57.9 Å². The normalized spacial score (nSPS) is 22.6. The zero-order valence-electron chi connectivity index (χ0n) is 16.0. The molecule has 1 aromatic carbocycles. The Morgan fingerprint density at radius 2 is 1.93 bits per heavy atom. The van der Waals surface area contributed by atoms with E-state index in [-0.39, 0.29) is 41.3 Å². The summed E-state index contributed by atoms with van der Waals surface area (Å²) in [5, 5.41) is 20.9. The van der Waals surface area contributed by atoms with E-state index in [9.17, 15) is 19.7 Å². The number of anilines is 1.